The summed E-state index contributed by atoms with van der Waals surface area (Å²) in [6.45, 7) is 9.48. The van der Waals surface area contributed by atoms with Gasteiger partial charge in [0.05, 0.1) is 26.4 Å². The number of aliphatic hydroxyl groups excluding tert-OH is 1. The van der Waals surface area contributed by atoms with Crippen molar-refractivity contribution in [1.29, 1.82) is 0 Å². The van der Waals surface area contributed by atoms with Crippen LogP contribution in [0.25, 0.3) is 0 Å². The van der Waals surface area contributed by atoms with Crippen LogP contribution < -0.4 is 0 Å². The highest BCUT2D eigenvalue weighted by molar-refractivity contribution is 7.47. The molecule has 0 aliphatic rings. The minimum Gasteiger partial charge on any atom is -0.462 e. The lowest BCUT2D eigenvalue weighted by molar-refractivity contribution is -0.161. The summed E-state index contributed by atoms with van der Waals surface area (Å²) in [4.78, 5) is 72.8. The van der Waals surface area contributed by atoms with Crippen LogP contribution in [-0.4, -0.2) is 96.7 Å². The number of rotatable bonds is 79. The number of hydrogen-bond acceptors (Lipinski definition) is 15. The van der Waals surface area contributed by atoms with Crippen LogP contribution in [0.15, 0.2) is 0 Å². The zero-order valence-electron chi connectivity index (χ0n) is 64.8. The highest BCUT2D eigenvalue weighted by Gasteiger charge is 2.30. The number of unbranched alkanes of at least 4 members (excludes halogenated alkanes) is 48. The molecule has 0 aromatic heterocycles. The summed E-state index contributed by atoms with van der Waals surface area (Å²) < 4.78 is 68.6. The second kappa shape index (κ2) is 71.7. The molecule has 0 spiro atoms. The van der Waals surface area contributed by atoms with E-state index in [-0.39, 0.29) is 25.7 Å². The average molecular weight is 1450 g/mol. The lowest BCUT2D eigenvalue weighted by Gasteiger charge is -2.21. The minimum atomic E-state index is -4.96. The van der Waals surface area contributed by atoms with Gasteiger partial charge in [-0.15, -0.1) is 0 Å². The van der Waals surface area contributed by atoms with Gasteiger partial charge in [-0.2, -0.15) is 0 Å². The second-order valence-corrected chi connectivity index (χ2v) is 32.4. The zero-order valence-corrected chi connectivity index (χ0v) is 66.6. The molecule has 0 radical (unpaired) electrons. The van der Waals surface area contributed by atoms with Gasteiger partial charge < -0.3 is 33.8 Å². The van der Waals surface area contributed by atoms with Gasteiger partial charge in [-0.05, 0) is 37.5 Å². The fourth-order valence-electron chi connectivity index (χ4n) is 12.3. The van der Waals surface area contributed by atoms with E-state index in [1.54, 1.807) is 0 Å². The first kappa shape index (κ1) is 97.1. The summed E-state index contributed by atoms with van der Waals surface area (Å²) in [5.41, 5.74) is 0. The van der Waals surface area contributed by atoms with E-state index in [2.05, 4.69) is 41.5 Å². The predicted molar refractivity (Wildman–Crippen MR) is 405 cm³/mol. The molecule has 0 bridgehead atoms. The van der Waals surface area contributed by atoms with Crippen molar-refractivity contribution >= 4 is 39.5 Å². The Morgan fingerprint density at radius 3 is 0.768 bits per heavy atom. The third kappa shape index (κ3) is 72.8. The van der Waals surface area contributed by atoms with E-state index in [1.165, 1.54) is 231 Å². The molecule has 17 nitrogen and oxygen atoms in total. The predicted octanol–water partition coefficient (Wildman–Crippen LogP) is 23.9. The molecule has 99 heavy (non-hydrogen) atoms. The number of hydrogen-bond donors (Lipinski definition) is 3. The Bertz CT molecular complexity index is 1910. The summed E-state index contributed by atoms with van der Waals surface area (Å²) in [6, 6.07) is 0. The van der Waals surface area contributed by atoms with Gasteiger partial charge in [0.1, 0.15) is 19.3 Å². The first-order chi connectivity index (χ1) is 47.9. The van der Waals surface area contributed by atoms with Gasteiger partial charge in [-0.3, -0.25) is 37.3 Å². The Balaban J connectivity index is 5.18. The molecule has 0 amide bonds. The van der Waals surface area contributed by atoms with E-state index in [4.69, 9.17) is 37.0 Å². The fraction of sp³-hybridized carbons (Fsp3) is 0.950. The lowest BCUT2D eigenvalue weighted by atomic mass is 10.00. The summed E-state index contributed by atoms with van der Waals surface area (Å²) in [7, 11) is -9.91. The normalized spacial score (nSPS) is 14.2. The van der Waals surface area contributed by atoms with Gasteiger partial charge in [0.25, 0.3) is 0 Å². The van der Waals surface area contributed by atoms with Crippen LogP contribution in [0.4, 0.5) is 0 Å². The van der Waals surface area contributed by atoms with Gasteiger partial charge in [0.15, 0.2) is 12.2 Å². The van der Waals surface area contributed by atoms with Gasteiger partial charge in [-0.1, -0.05) is 369 Å². The number of phosphoric ester groups is 2. The summed E-state index contributed by atoms with van der Waals surface area (Å²) in [5, 5.41) is 10.6. The van der Waals surface area contributed by atoms with Crippen molar-refractivity contribution in [1.82, 2.24) is 0 Å². The smallest absolute Gasteiger partial charge is 0.462 e. The van der Waals surface area contributed by atoms with Gasteiger partial charge in [0, 0.05) is 25.7 Å². The molecule has 588 valence electrons. The van der Waals surface area contributed by atoms with E-state index in [9.17, 15) is 43.2 Å². The zero-order chi connectivity index (χ0) is 72.8. The molecular formula is C80H156O17P2. The first-order valence-corrected chi connectivity index (χ1v) is 44.5. The van der Waals surface area contributed by atoms with Crippen molar-refractivity contribution in [2.75, 3.05) is 39.6 Å². The molecule has 3 unspecified atom stereocenters. The molecule has 3 N–H and O–H groups in total. The van der Waals surface area contributed by atoms with E-state index < -0.39 is 97.5 Å². The molecule has 0 aromatic carbocycles. The summed E-state index contributed by atoms with van der Waals surface area (Å²) in [5.74, 6) is -0.718. The van der Waals surface area contributed by atoms with Crippen molar-refractivity contribution in [3.63, 3.8) is 0 Å². The van der Waals surface area contributed by atoms with Crippen molar-refractivity contribution in [2.24, 2.45) is 11.8 Å². The van der Waals surface area contributed by atoms with E-state index >= 15 is 0 Å². The number of aliphatic hydroxyl groups is 1. The molecule has 0 fully saturated rings. The van der Waals surface area contributed by atoms with Crippen LogP contribution in [0.3, 0.4) is 0 Å². The number of carbonyl (C=O) groups excluding carboxylic acids is 4. The lowest BCUT2D eigenvalue weighted by Crippen LogP contribution is -2.30. The highest BCUT2D eigenvalue weighted by atomic mass is 31.2. The number of ether oxygens (including phenoxy) is 4. The molecule has 19 heteroatoms. The number of phosphoric acid groups is 2. The van der Waals surface area contributed by atoms with Crippen molar-refractivity contribution < 1.29 is 80.2 Å². The Morgan fingerprint density at radius 1 is 0.293 bits per heavy atom. The third-order valence-electron chi connectivity index (χ3n) is 19.1. The van der Waals surface area contributed by atoms with Gasteiger partial charge in [0.2, 0.25) is 0 Å². The standard InChI is InChI=1S/C80H156O17P2/c1-7-10-12-14-16-18-20-22-24-26-28-29-31-33-35-37-39-41-43-52-58-64-79(84)96-75(68-90-77(82)62-56-50-42-40-38-36-34-32-30-27-25-23-21-19-17-15-13-11-8-2)70-94-98(86,87)92-66-74(81)67-93-99(88,89)95-71-76(69-91-78(83)63-57-51-46-44-48-54-60-72(4)5)97-80(85)65-59-53-47-45-49-55-61-73(6)9-3/h72-76,81H,7-71H2,1-6H3,(H,86,87)(H,88,89)/t73?,74-,75-,76-/m1/s1. The van der Waals surface area contributed by atoms with E-state index in [1.807, 2.05) is 0 Å². The number of esters is 4. The molecular weight excluding hydrogens is 1290 g/mol. The van der Waals surface area contributed by atoms with Crippen LogP contribution in [-0.2, 0) is 65.4 Å². The quantitative estimate of drug-likeness (QED) is 0.0222. The maximum Gasteiger partial charge on any atom is 0.472 e. The maximum absolute atomic E-state index is 13.1. The monoisotopic (exact) mass is 1450 g/mol. The van der Waals surface area contributed by atoms with Crippen molar-refractivity contribution in [2.45, 2.75) is 439 Å². The molecule has 6 atom stereocenters. The van der Waals surface area contributed by atoms with E-state index in [0.29, 0.717) is 31.6 Å². The van der Waals surface area contributed by atoms with Crippen LogP contribution in [0.5, 0.6) is 0 Å². The van der Waals surface area contributed by atoms with Crippen LogP contribution >= 0.6 is 15.6 Å². The maximum atomic E-state index is 13.1. The largest absolute Gasteiger partial charge is 0.472 e. The average Bonchev–Trinajstić information content (AvgIpc) is 1.01. The Morgan fingerprint density at radius 2 is 0.515 bits per heavy atom. The van der Waals surface area contributed by atoms with Crippen LogP contribution in [0.1, 0.15) is 420 Å². The Kier molecular flexibility index (Phi) is 70.3. The SMILES string of the molecule is CCCCCCCCCCCCCCCCCCCCCCCC(=O)O[C@H](COC(=O)CCCCCCCCCCCCCCCCCCCCC)COP(=O)(O)OC[C@@H](O)COP(=O)(O)OC[C@@H](COC(=O)CCCCCCCCC(C)C)OC(=O)CCCCCCCCC(C)CC. The molecule has 0 aliphatic heterocycles. The van der Waals surface area contributed by atoms with E-state index in [0.717, 1.165) is 102 Å². The molecule has 0 aliphatic carbocycles. The van der Waals surface area contributed by atoms with Crippen LogP contribution in [0.2, 0.25) is 0 Å². The second-order valence-electron chi connectivity index (χ2n) is 29.5. The van der Waals surface area contributed by atoms with Crippen LogP contribution in [0, 0.1) is 11.8 Å². The third-order valence-corrected chi connectivity index (χ3v) is 21.0. The van der Waals surface area contributed by atoms with Crippen molar-refractivity contribution in [3.05, 3.63) is 0 Å². The van der Waals surface area contributed by atoms with Gasteiger partial charge >= 0.3 is 39.5 Å². The topological polar surface area (TPSA) is 237 Å². The molecule has 0 heterocycles. The minimum absolute atomic E-state index is 0.102. The molecule has 0 saturated heterocycles. The molecule has 0 aromatic rings. The van der Waals surface area contributed by atoms with Gasteiger partial charge in [-0.25, -0.2) is 9.13 Å². The fourth-order valence-corrected chi connectivity index (χ4v) is 13.9. The Hall–Kier alpha value is -1.94. The Labute approximate surface area is 607 Å². The molecule has 0 rings (SSSR count). The van der Waals surface area contributed by atoms with Crippen molar-refractivity contribution in [3.8, 4) is 0 Å². The summed E-state index contributed by atoms with van der Waals surface area (Å²) in [6.07, 6.45) is 61.6. The first-order valence-electron chi connectivity index (χ1n) is 41.5. The number of carbonyl (C=O) groups is 4. The highest BCUT2D eigenvalue weighted by Crippen LogP contribution is 2.45. The molecule has 0 saturated carbocycles. The summed E-state index contributed by atoms with van der Waals surface area (Å²) >= 11 is 0.